The van der Waals surface area contributed by atoms with Gasteiger partial charge >= 0.3 is 0 Å². The molecule has 10 heteroatoms. The summed E-state index contributed by atoms with van der Waals surface area (Å²) >= 11 is 6.02. The molecule has 4 atom stereocenters. The second-order valence-electron chi connectivity index (χ2n) is 6.51. The van der Waals surface area contributed by atoms with Gasteiger partial charge in [-0.2, -0.15) is 9.97 Å². The molecule has 0 bridgehead atoms. The summed E-state index contributed by atoms with van der Waals surface area (Å²) in [6.07, 6.45) is 0.679. The van der Waals surface area contributed by atoms with Crippen molar-refractivity contribution in [1.29, 1.82) is 0 Å². The van der Waals surface area contributed by atoms with Crippen LogP contribution < -0.4 is 4.74 Å². The molecule has 2 aromatic heterocycles. The molecular weight excluding hydrogens is 367 g/mol. The van der Waals surface area contributed by atoms with E-state index in [1.807, 2.05) is 0 Å². The largest absolute Gasteiger partial charge is 0.472 e. The van der Waals surface area contributed by atoms with E-state index in [-0.39, 0.29) is 17.8 Å². The van der Waals surface area contributed by atoms with Crippen LogP contribution in [0.4, 0.5) is 4.39 Å². The predicted molar refractivity (Wildman–Crippen MR) is 89.7 cm³/mol. The first-order valence-corrected chi connectivity index (χ1v) is 8.52. The maximum absolute atomic E-state index is 13.4. The lowest BCUT2D eigenvalue weighted by Crippen LogP contribution is -2.30. The van der Waals surface area contributed by atoms with Gasteiger partial charge in [0.1, 0.15) is 31.6 Å². The van der Waals surface area contributed by atoms with E-state index >= 15 is 0 Å². The highest BCUT2D eigenvalue weighted by Crippen LogP contribution is 2.44. The molecule has 2 fully saturated rings. The third-order valence-electron chi connectivity index (χ3n) is 4.25. The highest BCUT2D eigenvalue weighted by atomic mass is 35.5. The van der Waals surface area contributed by atoms with E-state index in [9.17, 15) is 4.39 Å². The van der Waals surface area contributed by atoms with Crippen molar-refractivity contribution in [3.05, 3.63) is 24.3 Å². The topological polar surface area (TPSA) is 80.5 Å². The Bertz CT molecular complexity index is 845. The van der Waals surface area contributed by atoms with Gasteiger partial charge in [0.05, 0.1) is 6.33 Å². The summed E-state index contributed by atoms with van der Waals surface area (Å²) in [7, 11) is 0. The zero-order valence-electron chi connectivity index (χ0n) is 14.3. The summed E-state index contributed by atoms with van der Waals surface area (Å²) in [5.41, 5.74) is 0.818. The van der Waals surface area contributed by atoms with Crippen molar-refractivity contribution >= 4 is 22.8 Å². The number of hydrogen-bond donors (Lipinski definition) is 0. The molecule has 2 aromatic rings. The number of aromatic nitrogens is 4. The number of imidazole rings is 1. The molecule has 0 aromatic carbocycles. The number of hydrogen-bond acceptors (Lipinski definition) is 7. The number of halogens is 2. The molecule has 2 saturated heterocycles. The Labute approximate surface area is 153 Å². The fourth-order valence-electron chi connectivity index (χ4n) is 3.30. The normalized spacial score (nSPS) is 29.8. The van der Waals surface area contributed by atoms with Crippen molar-refractivity contribution in [2.45, 2.75) is 44.2 Å². The van der Waals surface area contributed by atoms with E-state index in [0.29, 0.717) is 11.2 Å². The van der Waals surface area contributed by atoms with Gasteiger partial charge in [-0.3, -0.25) is 4.57 Å². The zero-order valence-corrected chi connectivity index (χ0v) is 15.0. The second kappa shape index (κ2) is 6.41. The van der Waals surface area contributed by atoms with Crippen LogP contribution in [0.3, 0.4) is 0 Å². The molecule has 140 valence electrons. The van der Waals surface area contributed by atoms with Crippen LogP contribution in [-0.4, -0.2) is 56.9 Å². The molecule has 26 heavy (non-hydrogen) atoms. The number of nitrogens with zero attached hydrogens (tertiary/aromatic N) is 4. The van der Waals surface area contributed by atoms with Gasteiger partial charge in [-0.25, -0.2) is 9.37 Å². The van der Waals surface area contributed by atoms with Crippen molar-refractivity contribution in [3.8, 4) is 5.88 Å². The van der Waals surface area contributed by atoms with Crippen molar-refractivity contribution in [2.75, 3.05) is 13.3 Å². The third-order valence-corrected chi connectivity index (χ3v) is 4.42. The molecule has 2 aliphatic heterocycles. The van der Waals surface area contributed by atoms with Crippen molar-refractivity contribution in [2.24, 2.45) is 0 Å². The van der Waals surface area contributed by atoms with Gasteiger partial charge < -0.3 is 18.9 Å². The van der Waals surface area contributed by atoms with Crippen molar-refractivity contribution in [1.82, 2.24) is 19.5 Å². The van der Waals surface area contributed by atoms with Crippen LogP contribution in [0.5, 0.6) is 5.88 Å². The number of rotatable bonds is 5. The lowest BCUT2D eigenvalue weighted by molar-refractivity contribution is -0.197. The van der Waals surface area contributed by atoms with Gasteiger partial charge in [0.2, 0.25) is 11.2 Å². The van der Waals surface area contributed by atoms with Crippen LogP contribution in [0.25, 0.3) is 11.2 Å². The van der Waals surface area contributed by atoms with Crippen LogP contribution in [0.2, 0.25) is 5.28 Å². The minimum Gasteiger partial charge on any atom is -0.472 e. The molecule has 8 nitrogen and oxygen atoms in total. The van der Waals surface area contributed by atoms with Crippen LogP contribution in [0, 0.1) is 0 Å². The molecule has 0 unspecified atom stereocenters. The quantitative estimate of drug-likeness (QED) is 0.578. The summed E-state index contributed by atoms with van der Waals surface area (Å²) < 4.78 is 38.1. The number of alkyl halides is 1. The van der Waals surface area contributed by atoms with Crippen LogP contribution in [0.1, 0.15) is 20.1 Å². The maximum Gasteiger partial charge on any atom is 0.247 e. The molecule has 0 N–H and O–H groups in total. The smallest absolute Gasteiger partial charge is 0.247 e. The summed E-state index contributed by atoms with van der Waals surface area (Å²) in [4.78, 5) is 12.6. The van der Waals surface area contributed by atoms with E-state index in [1.165, 1.54) is 6.33 Å². The van der Waals surface area contributed by atoms with Gasteiger partial charge in [0.25, 0.3) is 0 Å². The first-order valence-electron chi connectivity index (χ1n) is 8.14. The molecule has 0 spiro atoms. The first-order chi connectivity index (χ1) is 12.4. The minimum atomic E-state index is -0.827. The molecule has 0 radical (unpaired) electrons. The fourth-order valence-corrected chi connectivity index (χ4v) is 3.45. The van der Waals surface area contributed by atoms with Gasteiger partial charge in [-0.1, -0.05) is 12.7 Å². The van der Waals surface area contributed by atoms with E-state index in [1.54, 1.807) is 24.5 Å². The van der Waals surface area contributed by atoms with Gasteiger partial charge in [0.15, 0.2) is 23.2 Å². The first kappa shape index (κ1) is 17.6. The standard InChI is InChI=1S/C16H18ClFN4O4/c1-4-5-23-13-9-12(20-15(17)21-13)22(7-19-9)14-11-10(8(6-18)24-14)25-16(2,3)26-11/h4,7-8,10-11,14H,1,5-6H2,2-3H3/t8-,10-,11-,14-/m1/s1. The Morgan fingerprint density at radius 3 is 2.88 bits per heavy atom. The molecule has 2 aliphatic rings. The third kappa shape index (κ3) is 2.84. The van der Waals surface area contributed by atoms with Crippen LogP contribution in [-0.2, 0) is 14.2 Å². The number of ether oxygens (including phenoxy) is 4. The highest BCUT2D eigenvalue weighted by molar-refractivity contribution is 6.28. The Hall–Kier alpha value is -1.81. The Morgan fingerprint density at radius 1 is 1.38 bits per heavy atom. The fraction of sp³-hybridized carbons (Fsp3) is 0.562. The van der Waals surface area contributed by atoms with Gasteiger partial charge in [-0.05, 0) is 25.4 Å². The molecule has 0 aliphatic carbocycles. The molecule has 0 saturated carbocycles. The van der Waals surface area contributed by atoms with Crippen LogP contribution >= 0.6 is 11.6 Å². The van der Waals surface area contributed by atoms with E-state index in [0.717, 1.165) is 0 Å². The van der Waals surface area contributed by atoms with E-state index in [4.69, 9.17) is 30.5 Å². The summed E-state index contributed by atoms with van der Waals surface area (Å²) in [5, 5.41) is -0.00109. The van der Waals surface area contributed by atoms with Gasteiger partial charge in [0, 0.05) is 0 Å². The number of fused-ring (bicyclic) bond motifs is 2. The summed E-state index contributed by atoms with van der Waals surface area (Å²) in [6.45, 7) is 6.72. The van der Waals surface area contributed by atoms with E-state index < -0.39 is 37.0 Å². The summed E-state index contributed by atoms with van der Waals surface area (Å²) in [6, 6.07) is 0. The van der Waals surface area contributed by atoms with Crippen molar-refractivity contribution < 1.29 is 23.3 Å². The molecule has 4 rings (SSSR count). The Morgan fingerprint density at radius 2 is 2.15 bits per heavy atom. The Balaban J connectivity index is 1.75. The summed E-state index contributed by atoms with van der Waals surface area (Å²) in [5.74, 6) is -0.592. The SMILES string of the molecule is C=CCOc1nc(Cl)nc2c1ncn2[C@@H]1O[C@H](CF)[C@H]2OC(C)(C)O[C@H]21. The van der Waals surface area contributed by atoms with E-state index in [2.05, 4.69) is 21.5 Å². The average molecular weight is 385 g/mol. The monoisotopic (exact) mass is 384 g/mol. The lowest BCUT2D eigenvalue weighted by Gasteiger charge is -2.24. The molecule has 0 amide bonds. The van der Waals surface area contributed by atoms with Crippen LogP contribution in [0.15, 0.2) is 19.0 Å². The minimum absolute atomic E-state index is 0.00109. The zero-order chi connectivity index (χ0) is 18.5. The predicted octanol–water partition coefficient (Wildman–Crippen LogP) is 2.43. The Kier molecular flexibility index (Phi) is 4.34. The molecular formula is C16H18ClFN4O4. The second-order valence-corrected chi connectivity index (χ2v) is 6.84. The highest BCUT2D eigenvalue weighted by Gasteiger charge is 2.56. The lowest BCUT2D eigenvalue weighted by atomic mass is 10.1. The van der Waals surface area contributed by atoms with Crippen molar-refractivity contribution in [3.63, 3.8) is 0 Å². The average Bonchev–Trinajstić information content (AvgIpc) is 3.23. The van der Waals surface area contributed by atoms with Gasteiger partial charge in [-0.15, -0.1) is 0 Å². The molecule has 4 heterocycles. The maximum atomic E-state index is 13.4.